The second-order valence-corrected chi connectivity index (χ2v) is 8.34. The van der Waals surface area contributed by atoms with Crippen LogP contribution in [0.3, 0.4) is 0 Å². The Balaban J connectivity index is 1.37. The van der Waals surface area contributed by atoms with Gasteiger partial charge >= 0.3 is 6.61 Å². The SMILES string of the molecule is CCCCCCC1CCC(C2COC(c3ccc(OC(F)F)cc3)OC2)CC1. The van der Waals surface area contributed by atoms with Crippen LogP contribution in [0.1, 0.15) is 76.6 Å². The van der Waals surface area contributed by atoms with Crippen LogP contribution in [0.5, 0.6) is 5.75 Å². The number of benzene rings is 1. The molecular weight excluding hydrogens is 362 g/mol. The first-order valence-corrected chi connectivity index (χ1v) is 10.9. The third kappa shape index (κ3) is 6.41. The lowest BCUT2D eigenvalue weighted by Crippen LogP contribution is -2.34. The Bertz CT molecular complexity index is 547. The Kier molecular flexibility index (Phi) is 8.53. The zero-order valence-corrected chi connectivity index (χ0v) is 17.0. The van der Waals surface area contributed by atoms with E-state index in [2.05, 4.69) is 11.7 Å². The highest BCUT2D eigenvalue weighted by Crippen LogP contribution is 2.39. The van der Waals surface area contributed by atoms with Gasteiger partial charge in [0.15, 0.2) is 6.29 Å². The van der Waals surface area contributed by atoms with E-state index in [1.165, 1.54) is 69.9 Å². The maximum absolute atomic E-state index is 12.2. The molecule has 3 rings (SSSR count). The van der Waals surface area contributed by atoms with Crippen molar-refractivity contribution in [3.05, 3.63) is 29.8 Å². The summed E-state index contributed by atoms with van der Waals surface area (Å²) in [5, 5.41) is 0. The van der Waals surface area contributed by atoms with Gasteiger partial charge in [-0.2, -0.15) is 8.78 Å². The van der Waals surface area contributed by atoms with Crippen molar-refractivity contribution < 1.29 is 23.0 Å². The van der Waals surface area contributed by atoms with Gasteiger partial charge in [0.1, 0.15) is 5.75 Å². The van der Waals surface area contributed by atoms with Gasteiger partial charge in [-0.15, -0.1) is 0 Å². The monoisotopic (exact) mass is 396 g/mol. The van der Waals surface area contributed by atoms with Crippen LogP contribution in [-0.2, 0) is 9.47 Å². The second kappa shape index (κ2) is 11.1. The Morgan fingerprint density at radius 3 is 2.21 bits per heavy atom. The van der Waals surface area contributed by atoms with E-state index < -0.39 is 12.9 Å². The number of unbranched alkanes of at least 4 members (excludes halogenated alkanes) is 3. The molecule has 1 aliphatic carbocycles. The van der Waals surface area contributed by atoms with Crippen LogP contribution in [0.4, 0.5) is 8.78 Å². The molecule has 0 spiro atoms. The highest BCUT2D eigenvalue weighted by molar-refractivity contribution is 5.28. The van der Waals surface area contributed by atoms with Gasteiger partial charge in [0, 0.05) is 11.5 Å². The number of hydrogen-bond acceptors (Lipinski definition) is 3. The molecule has 1 saturated carbocycles. The lowest BCUT2D eigenvalue weighted by atomic mass is 9.74. The van der Waals surface area contributed by atoms with Crippen LogP contribution < -0.4 is 4.74 Å². The maximum atomic E-state index is 12.2. The van der Waals surface area contributed by atoms with Gasteiger partial charge in [-0.25, -0.2) is 0 Å². The van der Waals surface area contributed by atoms with E-state index in [4.69, 9.17) is 9.47 Å². The number of hydrogen-bond donors (Lipinski definition) is 0. The van der Waals surface area contributed by atoms with Gasteiger partial charge in [-0.1, -0.05) is 64.0 Å². The van der Waals surface area contributed by atoms with Crippen LogP contribution in [0.2, 0.25) is 0 Å². The number of alkyl halides is 2. The molecule has 28 heavy (non-hydrogen) atoms. The summed E-state index contributed by atoms with van der Waals surface area (Å²) in [6, 6.07) is 6.52. The van der Waals surface area contributed by atoms with Crippen LogP contribution in [0.25, 0.3) is 0 Å². The third-order valence-corrected chi connectivity index (χ3v) is 6.32. The second-order valence-electron chi connectivity index (χ2n) is 8.34. The summed E-state index contributed by atoms with van der Waals surface area (Å²) in [7, 11) is 0. The van der Waals surface area contributed by atoms with Crippen LogP contribution in [-0.4, -0.2) is 19.8 Å². The zero-order valence-electron chi connectivity index (χ0n) is 17.0. The van der Waals surface area contributed by atoms with Gasteiger partial charge in [0.25, 0.3) is 0 Å². The Labute approximate surface area is 167 Å². The van der Waals surface area contributed by atoms with Crippen molar-refractivity contribution in [1.82, 2.24) is 0 Å². The molecule has 1 saturated heterocycles. The molecule has 0 bridgehead atoms. The van der Waals surface area contributed by atoms with E-state index in [0.29, 0.717) is 25.0 Å². The Morgan fingerprint density at radius 2 is 1.61 bits per heavy atom. The molecule has 5 heteroatoms. The minimum Gasteiger partial charge on any atom is -0.435 e. The summed E-state index contributed by atoms with van der Waals surface area (Å²) in [5.74, 6) is 2.24. The quantitative estimate of drug-likeness (QED) is 0.433. The van der Waals surface area contributed by atoms with Gasteiger partial charge in [0.05, 0.1) is 13.2 Å². The lowest BCUT2D eigenvalue weighted by molar-refractivity contribution is -0.214. The zero-order chi connectivity index (χ0) is 19.8. The number of rotatable bonds is 9. The van der Waals surface area contributed by atoms with Crippen molar-refractivity contribution in [2.45, 2.75) is 77.6 Å². The fourth-order valence-electron chi connectivity index (χ4n) is 4.60. The molecule has 0 atom stereocenters. The standard InChI is InChI=1S/C23H34F2O3/c1-2-3-4-5-6-17-7-9-18(10-8-17)20-15-26-22(27-16-20)19-11-13-21(14-12-19)28-23(24)25/h11-14,17-18,20,22-23H,2-10,15-16H2,1H3. The summed E-state index contributed by atoms with van der Waals surface area (Å²) in [4.78, 5) is 0. The van der Waals surface area contributed by atoms with E-state index in [1.54, 1.807) is 12.1 Å². The molecule has 0 radical (unpaired) electrons. The molecule has 1 aromatic carbocycles. The molecule has 0 amide bonds. The lowest BCUT2D eigenvalue weighted by Gasteiger charge is -2.38. The van der Waals surface area contributed by atoms with Crippen molar-refractivity contribution in [3.63, 3.8) is 0 Å². The number of halogens is 2. The molecule has 158 valence electrons. The molecule has 1 aromatic rings. The van der Waals surface area contributed by atoms with Gasteiger partial charge < -0.3 is 14.2 Å². The van der Waals surface area contributed by atoms with E-state index in [9.17, 15) is 8.78 Å². The fraction of sp³-hybridized carbons (Fsp3) is 0.739. The highest BCUT2D eigenvalue weighted by atomic mass is 19.3. The molecule has 1 aliphatic heterocycles. The Morgan fingerprint density at radius 1 is 0.929 bits per heavy atom. The van der Waals surface area contributed by atoms with Gasteiger partial charge in [-0.3, -0.25) is 0 Å². The fourth-order valence-corrected chi connectivity index (χ4v) is 4.60. The first-order valence-electron chi connectivity index (χ1n) is 10.9. The average Bonchev–Trinajstić information content (AvgIpc) is 2.72. The maximum Gasteiger partial charge on any atom is 0.387 e. The minimum atomic E-state index is -2.81. The molecule has 0 N–H and O–H groups in total. The van der Waals surface area contributed by atoms with E-state index in [0.717, 1.165) is 11.5 Å². The molecule has 2 fully saturated rings. The molecule has 0 aromatic heterocycles. The average molecular weight is 397 g/mol. The van der Waals surface area contributed by atoms with E-state index in [-0.39, 0.29) is 5.75 Å². The molecule has 0 unspecified atom stereocenters. The smallest absolute Gasteiger partial charge is 0.387 e. The topological polar surface area (TPSA) is 27.7 Å². The number of ether oxygens (including phenoxy) is 3. The summed E-state index contributed by atoms with van der Waals surface area (Å²) >= 11 is 0. The predicted octanol–water partition coefficient (Wildman–Crippen LogP) is 6.73. The Hall–Kier alpha value is -1.20. The predicted molar refractivity (Wildman–Crippen MR) is 105 cm³/mol. The normalized spacial score (nSPS) is 28.4. The van der Waals surface area contributed by atoms with Crippen LogP contribution in [0, 0.1) is 17.8 Å². The van der Waals surface area contributed by atoms with Crippen molar-refractivity contribution in [2.24, 2.45) is 17.8 Å². The van der Waals surface area contributed by atoms with Gasteiger partial charge in [-0.05, 0) is 36.8 Å². The largest absolute Gasteiger partial charge is 0.435 e. The van der Waals surface area contributed by atoms with Crippen LogP contribution >= 0.6 is 0 Å². The molecule has 1 heterocycles. The summed E-state index contributed by atoms with van der Waals surface area (Å²) in [6.07, 6.45) is 11.7. The minimum absolute atomic E-state index is 0.152. The third-order valence-electron chi connectivity index (χ3n) is 6.32. The summed E-state index contributed by atoms with van der Waals surface area (Å²) in [5.41, 5.74) is 0.843. The molecule has 2 aliphatic rings. The first-order chi connectivity index (χ1) is 13.7. The van der Waals surface area contributed by atoms with E-state index >= 15 is 0 Å². The van der Waals surface area contributed by atoms with Crippen LogP contribution in [0.15, 0.2) is 24.3 Å². The first kappa shape index (κ1) is 21.5. The molecular formula is C23H34F2O3. The van der Waals surface area contributed by atoms with Crippen molar-refractivity contribution in [1.29, 1.82) is 0 Å². The molecule has 3 nitrogen and oxygen atoms in total. The van der Waals surface area contributed by atoms with E-state index in [1.807, 2.05) is 0 Å². The van der Waals surface area contributed by atoms with Crippen molar-refractivity contribution in [2.75, 3.05) is 13.2 Å². The summed E-state index contributed by atoms with van der Waals surface area (Å²) < 4.78 is 40.8. The summed E-state index contributed by atoms with van der Waals surface area (Å²) in [6.45, 7) is 0.888. The van der Waals surface area contributed by atoms with Crippen molar-refractivity contribution >= 4 is 0 Å². The highest BCUT2D eigenvalue weighted by Gasteiger charge is 2.32. The van der Waals surface area contributed by atoms with Gasteiger partial charge in [0.2, 0.25) is 0 Å². The van der Waals surface area contributed by atoms with Crippen molar-refractivity contribution in [3.8, 4) is 5.75 Å².